The van der Waals surface area contributed by atoms with Gasteiger partial charge in [0.15, 0.2) is 6.10 Å². The first-order chi connectivity index (χ1) is 30.7. The maximum Gasteiger partial charge on any atom is 0.306 e. The average molecular weight is 892 g/mol. The molecular weight excluding hydrogens is 781 g/mol. The lowest BCUT2D eigenvalue weighted by Crippen LogP contribution is -2.30. The van der Waals surface area contributed by atoms with Crippen LogP contribution in [0.25, 0.3) is 0 Å². The first-order valence-corrected chi connectivity index (χ1v) is 28.2. The van der Waals surface area contributed by atoms with Gasteiger partial charge in [0, 0.05) is 19.3 Å². The Bertz CT molecular complexity index is 962. The summed E-state index contributed by atoms with van der Waals surface area (Å²) in [6.07, 6.45) is 52.3. The van der Waals surface area contributed by atoms with E-state index in [0.29, 0.717) is 19.3 Å². The molecule has 0 amide bonds. The highest BCUT2D eigenvalue weighted by atomic mass is 16.6. The molecule has 0 aliphatic rings. The van der Waals surface area contributed by atoms with Gasteiger partial charge in [-0.15, -0.1) is 0 Å². The summed E-state index contributed by atoms with van der Waals surface area (Å²) in [5.74, 6) is 0.810. The molecule has 0 radical (unpaired) electrons. The Hall–Kier alpha value is -1.59. The lowest BCUT2D eigenvalue weighted by molar-refractivity contribution is -0.167. The van der Waals surface area contributed by atoms with Crippen LogP contribution in [0.3, 0.4) is 0 Å². The van der Waals surface area contributed by atoms with Gasteiger partial charge in [-0.1, -0.05) is 279 Å². The lowest BCUT2D eigenvalue weighted by Gasteiger charge is -2.18. The summed E-state index contributed by atoms with van der Waals surface area (Å²) < 4.78 is 16.9. The largest absolute Gasteiger partial charge is 0.462 e. The third-order valence-corrected chi connectivity index (χ3v) is 13.0. The number of hydrogen-bond acceptors (Lipinski definition) is 6. The molecule has 374 valence electrons. The fourth-order valence-electron chi connectivity index (χ4n) is 8.70. The second-order valence-corrected chi connectivity index (χ2v) is 20.5. The van der Waals surface area contributed by atoms with E-state index in [1.54, 1.807) is 0 Å². The zero-order chi connectivity index (χ0) is 46.1. The molecule has 0 fully saturated rings. The quantitative estimate of drug-likeness (QED) is 0.0344. The summed E-state index contributed by atoms with van der Waals surface area (Å²) in [6.45, 7) is 11.4. The van der Waals surface area contributed by atoms with E-state index in [4.69, 9.17) is 14.2 Å². The standard InChI is InChI=1S/C57H110O6/c1-6-7-8-9-10-11-12-13-14-15-16-17-22-27-32-37-42-47-55(58)61-50-54(63-57(60)49-44-39-34-29-24-19-21-26-31-36-41-46-53(4)5)51-62-56(59)48-43-38-33-28-23-18-20-25-30-35-40-45-52(2)3/h52-54H,6-51H2,1-5H3/t54-/m1/s1. The van der Waals surface area contributed by atoms with Gasteiger partial charge in [-0.25, -0.2) is 0 Å². The van der Waals surface area contributed by atoms with Crippen LogP contribution in [0.1, 0.15) is 317 Å². The molecule has 0 unspecified atom stereocenters. The summed E-state index contributed by atoms with van der Waals surface area (Å²) in [4.78, 5) is 38.1. The Balaban J connectivity index is 4.30. The van der Waals surface area contributed by atoms with Crippen molar-refractivity contribution < 1.29 is 28.6 Å². The first-order valence-electron chi connectivity index (χ1n) is 28.2. The lowest BCUT2D eigenvalue weighted by atomic mass is 10.0. The highest BCUT2D eigenvalue weighted by Gasteiger charge is 2.19. The second kappa shape index (κ2) is 49.8. The maximum atomic E-state index is 12.8. The molecule has 0 aromatic heterocycles. The molecule has 0 aromatic carbocycles. The van der Waals surface area contributed by atoms with Crippen molar-refractivity contribution in [3.05, 3.63) is 0 Å². The van der Waals surface area contributed by atoms with Gasteiger partial charge in [-0.05, 0) is 31.1 Å². The zero-order valence-corrected chi connectivity index (χ0v) is 43.2. The summed E-state index contributed by atoms with van der Waals surface area (Å²) in [5, 5.41) is 0. The zero-order valence-electron chi connectivity index (χ0n) is 43.2. The number of hydrogen-bond donors (Lipinski definition) is 0. The molecule has 6 heteroatoms. The van der Waals surface area contributed by atoms with Crippen molar-refractivity contribution in [3.63, 3.8) is 0 Å². The molecule has 0 spiro atoms. The van der Waals surface area contributed by atoms with Crippen LogP contribution in [0.5, 0.6) is 0 Å². The van der Waals surface area contributed by atoms with Crippen molar-refractivity contribution in [1.29, 1.82) is 0 Å². The number of carbonyl (C=O) groups is 3. The van der Waals surface area contributed by atoms with E-state index < -0.39 is 6.10 Å². The minimum atomic E-state index is -0.762. The van der Waals surface area contributed by atoms with E-state index in [0.717, 1.165) is 69.6 Å². The van der Waals surface area contributed by atoms with E-state index in [9.17, 15) is 14.4 Å². The Morgan fingerprint density at radius 2 is 0.524 bits per heavy atom. The molecule has 0 saturated carbocycles. The molecule has 63 heavy (non-hydrogen) atoms. The topological polar surface area (TPSA) is 78.9 Å². The molecule has 0 aliphatic carbocycles. The Morgan fingerprint density at radius 3 is 0.778 bits per heavy atom. The first kappa shape index (κ1) is 61.4. The molecule has 1 atom stereocenters. The maximum absolute atomic E-state index is 12.8. The molecule has 0 saturated heterocycles. The third-order valence-electron chi connectivity index (χ3n) is 13.0. The Morgan fingerprint density at radius 1 is 0.302 bits per heavy atom. The third kappa shape index (κ3) is 51.3. The number of esters is 3. The number of rotatable bonds is 51. The highest BCUT2D eigenvalue weighted by Crippen LogP contribution is 2.18. The number of carbonyl (C=O) groups excluding carboxylic acids is 3. The van der Waals surface area contributed by atoms with Gasteiger partial charge in [0.1, 0.15) is 13.2 Å². The summed E-state index contributed by atoms with van der Waals surface area (Å²) >= 11 is 0. The van der Waals surface area contributed by atoms with Crippen LogP contribution in [0.15, 0.2) is 0 Å². The Labute approximate surface area is 393 Å². The fourth-order valence-corrected chi connectivity index (χ4v) is 8.70. The monoisotopic (exact) mass is 891 g/mol. The van der Waals surface area contributed by atoms with Crippen LogP contribution < -0.4 is 0 Å². The molecule has 0 bridgehead atoms. The van der Waals surface area contributed by atoms with Crippen LogP contribution in [0.4, 0.5) is 0 Å². The predicted octanol–water partition coefficient (Wildman–Crippen LogP) is 18.5. The van der Waals surface area contributed by atoms with E-state index >= 15 is 0 Å². The van der Waals surface area contributed by atoms with Crippen LogP contribution in [0.2, 0.25) is 0 Å². The van der Waals surface area contributed by atoms with E-state index in [1.165, 1.54) is 205 Å². The van der Waals surface area contributed by atoms with E-state index in [2.05, 4.69) is 34.6 Å². The molecular formula is C57H110O6. The van der Waals surface area contributed by atoms with Gasteiger partial charge in [-0.3, -0.25) is 14.4 Å². The number of unbranched alkanes of at least 4 members (excludes halogenated alkanes) is 36. The molecule has 0 rings (SSSR count). The van der Waals surface area contributed by atoms with Gasteiger partial charge in [-0.2, -0.15) is 0 Å². The SMILES string of the molecule is CCCCCCCCCCCCCCCCCCCC(=O)OC[C@H](COC(=O)CCCCCCCCCCCCCC(C)C)OC(=O)CCCCCCCCCCCCCC(C)C. The minimum Gasteiger partial charge on any atom is -0.462 e. The molecule has 0 heterocycles. The van der Waals surface area contributed by atoms with Crippen molar-refractivity contribution in [2.75, 3.05) is 13.2 Å². The molecule has 6 nitrogen and oxygen atoms in total. The minimum absolute atomic E-state index is 0.0630. The summed E-state index contributed by atoms with van der Waals surface area (Å²) in [5.41, 5.74) is 0. The van der Waals surface area contributed by atoms with Crippen molar-refractivity contribution in [1.82, 2.24) is 0 Å². The van der Waals surface area contributed by atoms with Crippen molar-refractivity contribution >= 4 is 17.9 Å². The second-order valence-electron chi connectivity index (χ2n) is 20.5. The summed E-state index contributed by atoms with van der Waals surface area (Å²) in [7, 11) is 0. The van der Waals surface area contributed by atoms with Crippen molar-refractivity contribution in [2.24, 2.45) is 11.8 Å². The van der Waals surface area contributed by atoms with Gasteiger partial charge in [0.05, 0.1) is 0 Å². The predicted molar refractivity (Wildman–Crippen MR) is 270 cm³/mol. The fraction of sp³-hybridized carbons (Fsp3) is 0.947. The average Bonchev–Trinajstić information content (AvgIpc) is 3.25. The Kier molecular flexibility index (Phi) is 48.6. The van der Waals surface area contributed by atoms with Crippen LogP contribution in [-0.4, -0.2) is 37.2 Å². The van der Waals surface area contributed by atoms with Gasteiger partial charge < -0.3 is 14.2 Å². The van der Waals surface area contributed by atoms with E-state index in [1.807, 2.05) is 0 Å². The molecule has 0 aliphatic heterocycles. The van der Waals surface area contributed by atoms with Crippen LogP contribution in [-0.2, 0) is 28.6 Å². The van der Waals surface area contributed by atoms with Crippen molar-refractivity contribution in [3.8, 4) is 0 Å². The molecule has 0 aromatic rings. The van der Waals surface area contributed by atoms with Crippen LogP contribution >= 0.6 is 0 Å². The van der Waals surface area contributed by atoms with Gasteiger partial charge in [0.2, 0.25) is 0 Å². The van der Waals surface area contributed by atoms with Gasteiger partial charge in [0.25, 0.3) is 0 Å². The smallest absolute Gasteiger partial charge is 0.306 e. The molecule has 0 N–H and O–H groups in total. The van der Waals surface area contributed by atoms with E-state index in [-0.39, 0.29) is 31.1 Å². The summed E-state index contributed by atoms with van der Waals surface area (Å²) in [6, 6.07) is 0. The number of ether oxygens (including phenoxy) is 3. The normalized spacial score (nSPS) is 12.0. The van der Waals surface area contributed by atoms with Gasteiger partial charge >= 0.3 is 17.9 Å². The van der Waals surface area contributed by atoms with Crippen molar-refractivity contribution in [2.45, 2.75) is 323 Å². The highest BCUT2D eigenvalue weighted by molar-refractivity contribution is 5.71. The van der Waals surface area contributed by atoms with Crippen LogP contribution in [0, 0.1) is 11.8 Å².